The van der Waals surface area contributed by atoms with Gasteiger partial charge in [-0.2, -0.15) is 0 Å². The number of phenolic OH excluding ortho intramolecular Hbond substituents is 1. The Labute approximate surface area is 196 Å². The summed E-state index contributed by atoms with van der Waals surface area (Å²) in [6, 6.07) is 14.6. The third-order valence-electron chi connectivity index (χ3n) is 8.77. The lowest BCUT2D eigenvalue weighted by molar-refractivity contribution is -0.209. The van der Waals surface area contributed by atoms with E-state index in [9.17, 15) is 9.90 Å². The van der Waals surface area contributed by atoms with Gasteiger partial charge in [-0.25, -0.2) is 0 Å². The van der Waals surface area contributed by atoms with Crippen LogP contribution in [0.2, 0.25) is 0 Å². The lowest BCUT2D eigenvalue weighted by Gasteiger charge is -2.66. The van der Waals surface area contributed by atoms with Crippen molar-refractivity contribution in [3.63, 3.8) is 0 Å². The molecule has 2 bridgehead atoms. The summed E-state index contributed by atoms with van der Waals surface area (Å²) in [5.41, 5.74) is 2.29. The van der Waals surface area contributed by atoms with E-state index in [-0.39, 0.29) is 23.5 Å². The number of aromatic hydroxyl groups is 1. The number of fused-ring (bicyclic) bond motifs is 1. The summed E-state index contributed by atoms with van der Waals surface area (Å²) in [4.78, 5) is 15.6. The van der Waals surface area contributed by atoms with E-state index in [0.717, 1.165) is 43.4 Å². The van der Waals surface area contributed by atoms with E-state index in [0.29, 0.717) is 25.2 Å². The first-order chi connectivity index (χ1) is 15.9. The predicted molar refractivity (Wildman–Crippen MR) is 128 cm³/mol. The van der Waals surface area contributed by atoms with Gasteiger partial charge in [0.1, 0.15) is 5.78 Å². The molecule has 1 N–H and O–H groups in total. The predicted octanol–water partition coefficient (Wildman–Crippen LogP) is 4.29. The Morgan fingerprint density at radius 2 is 1.94 bits per heavy atom. The Hall–Kier alpha value is -2.37. The number of aryl methyl sites for hydroxylation is 1. The maximum absolute atomic E-state index is 13.2. The topological polar surface area (TPSA) is 59.0 Å². The van der Waals surface area contributed by atoms with Crippen LogP contribution in [0.3, 0.4) is 0 Å². The van der Waals surface area contributed by atoms with Crippen LogP contribution >= 0.6 is 0 Å². The number of carbonyl (C=O) groups is 1. The van der Waals surface area contributed by atoms with E-state index >= 15 is 0 Å². The van der Waals surface area contributed by atoms with Crippen LogP contribution in [0.25, 0.3) is 0 Å². The van der Waals surface area contributed by atoms with E-state index in [4.69, 9.17) is 9.47 Å². The Kier molecular flexibility index (Phi) is 5.74. The molecule has 5 rings (SSSR count). The van der Waals surface area contributed by atoms with E-state index in [1.807, 2.05) is 12.1 Å². The molecule has 2 aliphatic carbocycles. The molecule has 33 heavy (non-hydrogen) atoms. The van der Waals surface area contributed by atoms with Gasteiger partial charge in [0.05, 0.1) is 12.7 Å². The van der Waals surface area contributed by atoms with Gasteiger partial charge in [-0.3, -0.25) is 4.79 Å². The van der Waals surface area contributed by atoms with Crippen LogP contribution in [0.15, 0.2) is 42.5 Å². The Balaban J connectivity index is 1.57. The van der Waals surface area contributed by atoms with Crippen LogP contribution in [0.1, 0.15) is 49.3 Å². The quantitative estimate of drug-likeness (QED) is 0.667. The van der Waals surface area contributed by atoms with E-state index in [2.05, 4.69) is 49.2 Å². The standard InChI is InChI=1S/C28H35NO4/c1-19-22(30)13-14-28(33-17-7-10-20-8-5-4-6-9-20)24-18-21-11-12-23(32-3)26(31)25(21)27(19,28)15-16-29(24)2/h4-6,8-9,11-12,19,24,31H,7,10,13-18H2,1-3H3/t19?,24-,27-,28-/m1/s1. The zero-order valence-corrected chi connectivity index (χ0v) is 20.0. The largest absolute Gasteiger partial charge is 0.504 e. The number of phenols is 1. The molecule has 0 amide bonds. The molecule has 1 saturated heterocycles. The van der Waals surface area contributed by atoms with Crippen LogP contribution in [-0.4, -0.2) is 54.7 Å². The molecular weight excluding hydrogens is 414 g/mol. The highest BCUT2D eigenvalue weighted by atomic mass is 16.5. The number of piperidine rings is 1. The molecule has 4 atom stereocenters. The van der Waals surface area contributed by atoms with E-state index < -0.39 is 11.0 Å². The number of rotatable bonds is 6. The Morgan fingerprint density at radius 1 is 1.15 bits per heavy atom. The number of nitrogens with zero attached hydrogens (tertiary/aromatic N) is 1. The molecule has 2 aromatic rings. The highest BCUT2D eigenvalue weighted by Gasteiger charge is 2.69. The fraction of sp³-hybridized carbons (Fsp3) is 0.536. The third-order valence-corrected chi connectivity index (χ3v) is 8.77. The second kappa shape index (κ2) is 8.44. The van der Waals surface area contributed by atoms with Crippen LogP contribution in [-0.2, 0) is 27.8 Å². The molecule has 176 valence electrons. The minimum absolute atomic E-state index is 0.179. The zero-order chi connectivity index (χ0) is 23.2. The number of carbonyl (C=O) groups excluding carboxylic acids is 1. The van der Waals surface area contributed by atoms with Crippen molar-refractivity contribution in [1.29, 1.82) is 0 Å². The Bertz CT molecular complexity index is 1040. The molecule has 0 spiro atoms. The minimum Gasteiger partial charge on any atom is -0.504 e. The van der Waals surface area contributed by atoms with Crippen molar-refractivity contribution in [2.45, 2.75) is 62.5 Å². The maximum atomic E-state index is 13.2. The molecule has 2 aromatic carbocycles. The van der Waals surface area contributed by atoms with Crippen LogP contribution in [0, 0.1) is 5.92 Å². The second-order valence-electron chi connectivity index (χ2n) is 10.1. The van der Waals surface area contributed by atoms with Crippen molar-refractivity contribution in [2.24, 2.45) is 5.92 Å². The number of Topliss-reactive ketones (excluding diaryl/α,β-unsaturated/α-hetero) is 1. The molecule has 1 aliphatic heterocycles. The minimum atomic E-state index is -0.543. The van der Waals surface area contributed by atoms with Gasteiger partial charge in [0.25, 0.3) is 0 Å². The summed E-state index contributed by atoms with van der Waals surface area (Å²) in [5, 5.41) is 11.4. The molecule has 3 aliphatic rings. The lowest BCUT2D eigenvalue weighted by atomic mass is 9.45. The molecular formula is C28H35NO4. The van der Waals surface area contributed by atoms with Crippen molar-refractivity contribution < 1.29 is 19.4 Å². The number of ether oxygens (including phenoxy) is 2. The summed E-state index contributed by atoms with van der Waals surface area (Å²) in [6.07, 6.45) is 4.73. The van der Waals surface area contributed by atoms with Gasteiger partial charge in [-0.05, 0) is 62.9 Å². The first-order valence-electron chi connectivity index (χ1n) is 12.2. The van der Waals surface area contributed by atoms with Crippen molar-refractivity contribution in [3.8, 4) is 11.5 Å². The lowest BCUT2D eigenvalue weighted by Crippen LogP contribution is -2.76. The van der Waals surface area contributed by atoms with E-state index in [1.54, 1.807) is 7.11 Å². The first kappa shape index (κ1) is 22.4. The monoisotopic (exact) mass is 449 g/mol. The second-order valence-corrected chi connectivity index (χ2v) is 10.1. The number of ketones is 1. The fourth-order valence-electron chi connectivity index (χ4n) is 7.15. The van der Waals surface area contributed by atoms with Crippen molar-refractivity contribution in [3.05, 3.63) is 59.2 Å². The molecule has 1 unspecified atom stereocenters. The summed E-state index contributed by atoms with van der Waals surface area (Å²) in [6.45, 7) is 3.58. The molecule has 1 heterocycles. The molecule has 0 radical (unpaired) electrons. The normalized spacial score (nSPS) is 31.1. The smallest absolute Gasteiger partial charge is 0.161 e. The van der Waals surface area contributed by atoms with Gasteiger partial charge in [0.15, 0.2) is 11.5 Å². The fourth-order valence-corrected chi connectivity index (χ4v) is 7.15. The van der Waals surface area contributed by atoms with Gasteiger partial charge in [-0.15, -0.1) is 0 Å². The molecule has 5 heteroatoms. The number of hydrogen-bond donors (Lipinski definition) is 1. The molecule has 0 aromatic heterocycles. The van der Waals surface area contributed by atoms with Crippen LogP contribution in [0.5, 0.6) is 11.5 Å². The average molecular weight is 450 g/mol. The van der Waals surface area contributed by atoms with Crippen LogP contribution in [0.4, 0.5) is 0 Å². The van der Waals surface area contributed by atoms with Crippen LogP contribution < -0.4 is 4.74 Å². The zero-order valence-electron chi connectivity index (χ0n) is 20.0. The van der Waals surface area contributed by atoms with Gasteiger partial charge in [0.2, 0.25) is 0 Å². The average Bonchev–Trinajstić information content (AvgIpc) is 2.83. The highest BCUT2D eigenvalue weighted by Crippen LogP contribution is 2.63. The molecule has 1 saturated carbocycles. The van der Waals surface area contributed by atoms with Gasteiger partial charge >= 0.3 is 0 Å². The summed E-state index contributed by atoms with van der Waals surface area (Å²) in [5.74, 6) is 0.728. The highest BCUT2D eigenvalue weighted by molar-refractivity contribution is 5.85. The number of likely N-dealkylation sites (N-methyl/N-ethyl adjacent to an activating group) is 1. The number of hydrogen-bond acceptors (Lipinski definition) is 5. The number of likely N-dealkylation sites (tertiary alicyclic amines) is 1. The SMILES string of the molecule is COc1ccc2c(c1O)[C@]13CCN(C)[C@H](C2)[C@]1(OCCCc1ccccc1)CCC(=O)C3C. The number of benzene rings is 2. The summed E-state index contributed by atoms with van der Waals surface area (Å²) < 4.78 is 12.5. The third kappa shape index (κ3) is 3.23. The molecule has 5 nitrogen and oxygen atoms in total. The van der Waals surface area contributed by atoms with Crippen molar-refractivity contribution >= 4 is 5.78 Å². The Morgan fingerprint density at radius 3 is 2.70 bits per heavy atom. The van der Waals surface area contributed by atoms with Gasteiger partial charge < -0.3 is 19.5 Å². The number of methoxy groups -OCH3 is 1. The maximum Gasteiger partial charge on any atom is 0.161 e. The first-order valence-corrected chi connectivity index (χ1v) is 12.2. The van der Waals surface area contributed by atoms with Crippen molar-refractivity contribution in [2.75, 3.05) is 27.3 Å². The van der Waals surface area contributed by atoms with Gasteiger partial charge in [-0.1, -0.05) is 43.3 Å². The summed E-state index contributed by atoms with van der Waals surface area (Å²) in [7, 11) is 3.77. The van der Waals surface area contributed by atoms with E-state index in [1.165, 1.54) is 5.56 Å². The summed E-state index contributed by atoms with van der Waals surface area (Å²) >= 11 is 0. The van der Waals surface area contributed by atoms with Gasteiger partial charge in [0, 0.05) is 36.0 Å². The molecule has 2 fully saturated rings. The van der Waals surface area contributed by atoms with Crippen molar-refractivity contribution in [1.82, 2.24) is 4.90 Å².